The van der Waals surface area contributed by atoms with E-state index in [4.69, 9.17) is 0 Å². The molecule has 0 aromatic heterocycles. The number of nitrogens with zero attached hydrogens (tertiary/aromatic N) is 7. The number of hydrogen-bond donors (Lipinski definition) is 4. The second kappa shape index (κ2) is 38.0. The highest BCUT2D eigenvalue weighted by Crippen LogP contribution is 2.41. The van der Waals surface area contributed by atoms with Crippen molar-refractivity contribution in [3.05, 3.63) is 302 Å². The molecule has 9 aromatic carbocycles. The van der Waals surface area contributed by atoms with Gasteiger partial charge in [0.2, 0.25) is 0 Å². The number of likely N-dealkylation sites (N-methyl/N-ethyl adjacent to an activating group) is 1. The van der Waals surface area contributed by atoms with E-state index >= 15 is 0 Å². The molecule has 14 rings (SSSR count). The Morgan fingerprint density at radius 1 is 0.371 bits per heavy atom. The zero-order chi connectivity index (χ0) is 72.7. The number of anilines is 3. The number of aryl methyl sites for hydroxylation is 1. The van der Waals surface area contributed by atoms with Crippen molar-refractivity contribution in [2.24, 2.45) is 0 Å². The van der Waals surface area contributed by atoms with Crippen LogP contribution in [0.1, 0.15) is 140 Å². The molecule has 9 aromatic rings. The van der Waals surface area contributed by atoms with Crippen molar-refractivity contribution < 1.29 is 25.3 Å². The van der Waals surface area contributed by atoms with Crippen molar-refractivity contribution in [3.8, 4) is 5.75 Å². The number of aromatic hydroxyl groups is 1. The van der Waals surface area contributed by atoms with Gasteiger partial charge in [-0.2, -0.15) is 0 Å². The van der Waals surface area contributed by atoms with Gasteiger partial charge in [-0.3, -0.25) is 19.9 Å². The largest absolute Gasteiger partial charge is 0.508 e. The van der Waals surface area contributed by atoms with Crippen molar-refractivity contribution in [3.63, 3.8) is 0 Å². The second-order valence-electron chi connectivity index (χ2n) is 28.6. The molecule has 0 radical (unpaired) electrons. The van der Waals surface area contributed by atoms with Gasteiger partial charge in [-0.25, -0.2) is 0 Å². The molecule has 2 aliphatic carbocycles. The number of aliphatic hydroxyl groups excluding tert-OH is 3. The lowest BCUT2D eigenvalue weighted by molar-refractivity contribution is -0.384. The van der Waals surface area contributed by atoms with Gasteiger partial charge < -0.3 is 40.0 Å². The maximum absolute atomic E-state index is 11.3. The SMILES string of the molecule is CCN1CCN(c2ccc(/C(=C(/CCCO)c3ccccc3)c3ccc(C)cc3)cc2)CC1.O=[N+]([O-])c1ccc(/C(=C(\CCCO)c2ccccc2)c2ccc(N3CCN(C4CC4)CC3)cc2)cc1.OCCC/C(=C(\c1ccc(O)cc1)c1ccc(N2CCN(C3CCCC3)CC2)cc1)c1ccccc1. The van der Waals surface area contributed by atoms with E-state index in [1.54, 1.807) is 24.3 Å². The summed E-state index contributed by atoms with van der Waals surface area (Å²) in [4.78, 5) is 26.2. The molecule has 2 saturated carbocycles. The standard InChI is InChI=1S/C32H38N2O2.C30H33N3O3.C30H36N2O/c35-24-6-11-31(25-7-2-1-3-8-25)32(27-14-18-30(36)19-15-27)26-12-16-29(17-13-26)34-22-20-33(21-23-34)28-9-4-5-10-28;34-22-4-7-29(23-5-2-1-3-6-23)30(25-10-14-28(15-11-25)33(35)36)24-8-12-26(13-9-24)31-18-20-32(21-19-31)27-16-17-27;1-3-31-19-21-32(22-20-31)28-17-15-27(16-18-28)30(26-13-11-24(2)12-14-26)29(10-7-23-33)25-8-5-4-6-9-25/h1-3,7-8,12-19,28,35-36H,4-6,9-11,20-24H2;1-3,5-6,8-15,27,34H,4,7,16-22H2;4-6,8-9,11-18,33H,3,7,10,19-23H2,1-2H3/b32-31+;30-29+;30-29-. The van der Waals surface area contributed by atoms with Gasteiger partial charge in [-0.05, 0) is 222 Å². The molecule has 13 heteroatoms. The van der Waals surface area contributed by atoms with Crippen molar-refractivity contribution in [2.75, 3.05) is 120 Å². The molecule has 0 spiro atoms. The molecule has 3 saturated heterocycles. The molecule has 0 amide bonds. The average Bonchev–Trinajstić information content (AvgIpc) is 1.32. The molecule has 3 heterocycles. The summed E-state index contributed by atoms with van der Waals surface area (Å²) < 4.78 is 0. The predicted octanol–water partition coefficient (Wildman–Crippen LogP) is 17.7. The number of hydrogen-bond acceptors (Lipinski definition) is 12. The smallest absolute Gasteiger partial charge is 0.269 e. The quantitative estimate of drug-likeness (QED) is 0.0246. The molecule has 546 valence electrons. The third-order valence-electron chi connectivity index (χ3n) is 21.8. The fraction of sp³-hybridized carbons (Fsp3) is 0.348. The Morgan fingerprint density at radius 2 is 0.667 bits per heavy atom. The summed E-state index contributed by atoms with van der Waals surface area (Å²) in [6.07, 6.45) is 12.7. The number of rotatable bonds is 25. The van der Waals surface area contributed by atoms with Gasteiger partial charge in [0.1, 0.15) is 5.75 Å². The van der Waals surface area contributed by atoms with E-state index < -0.39 is 0 Å². The first-order chi connectivity index (χ1) is 51.6. The minimum Gasteiger partial charge on any atom is -0.508 e. The molecule has 3 aliphatic heterocycles. The van der Waals surface area contributed by atoms with E-state index in [1.807, 2.05) is 48.5 Å². The Labute approximate surface area is 623 Å². The topological polar surface area (TPSA) is 144 Å². The number of nitro benzene ring substituents is 1. The highest BCUT2D eigenvalue weighted by atomic mass is 16.6. The van der Waals surface area contributed by atoms with Crippen molar-refractivity contribution in [2.45, 2.75) is 103 Å². The molecule has 0 atom stereocenters. The number of allylic oxidation sites excluding steroid dienone is 3. The van der Waals surface area contributed by atoms with E-state index in [9.17, 15) is 30.5 Å². The normalized spacial score (nSPS) is 16.8. The maximum Gasteiger partial charge on any atom is 0.269 e. The van der Waals surface area contributed by atoms with E-state index in [0.29, 0.717) is 19.3 Å². The maximum atomic E-state index is 11.3. The molecule has 0 unspecified atom stereocenters. The Bertz CT molecular complexity index is 4230. The minimum absolute atomic E-state index is 0.0791. The molecule has 5 fully saturated rings. The van der Waals surface area contributed by atoms with Crippen LogP contribution in [0.5, 0.6) is 5.75 Å². The van der Waals surface area contributed by atoms with Gasteiger partial charge in [0.25, 0.3) is 5.69 Å². The number of aliphatic hydroxyl groups is 3. The lowest BCUT2D eigenvalue weighted by Crippen LogP contribution is -2.49. The first-order valence-electron chi connectivity index (χ1n) is 38.6. The second-order valence-corrected chi connectivity index (χ2v) is 28.6. The lowest BCUT2D eigenvalue weighted by atomic mass is 9.87. The van der Waals surface area contributed by atoms with Gasteiger partial charge in [-0.15, -0.1) is 0 Å². The van der Waals surface area contributed by atoms with Crippen LogP contribution in [0.25, 0.3) is 33.4 Å². The number of piperazine rings is 3. The van der Waals surface area contributed by atoms with Gasteiger partial charge in [-0.1, -0.05) is 189 Å². The number of phenolic OH excluding ortho intramolecular Hbond substituents is 1. The fourth-order valence-electron chi connectivity index (χ4n) is 15.8. The van der Waals surface area contributed by atoms with Gasteiger partial charge in [0, 0.05) is 140 Å². The first kappa shape index (κ1) is 75.2. The highest BCUT2D eigenvalue weighted by Gasteiger charge is 2.32. The van der Waals surface area contributed by atoms with E-state index in [-0.39, 0.29) is 36.2 Å². The molecule has 13 nitrogen and oxygen atoms in total. The van der Waals surface area contributed by atoms with Crippen LogP contribution in [0.3, 0.4) is 0 Å². The van der Waals surface area contributed by atoms with Crippen LogP contribution in [0, 0.1) is 17.0 Å². The Morgan fingerprint density at radius 3 is 0.971 bits per heavy atom. The first-order valence-corrected chi connectivity index (χ1v) is 38.6. The van der Waals surface area contributed by atoms with Crippen molar-refractivity contribution >= 4 is 56.2 Å². The Hall–Kier alpha value is -9.44. The highest BCUT2D eigenvalue weighted by molar-refractivity contribution is 6.01. The molecule has 105 heavy (non-hydrogen) atoms. The summed E-state index contributed by atoms with van der Waals surface area (Å²) in [6, 6.07) is 82.9. The van der Waals surface area contributed by atoms with Crippen LogP contribution in [-0.4, -0.2) is 157 Å². The van der Waals surface area contributed by atoms with Gasteiger partial charge in [0.05, 0.1) is 4.92 Å². The summed E-state index contributed by atoms with van der Waals surface area (Å²) in [5.74, 6) is 0.266. The van der Waals surface area contributed by atoms with Crippen molar-refractivity contribution in [1.29, 1.82) is 0 Å². The Kier molecular flexibility index (Phi) is 27.2. The molecular weight excluding hydrogens is 1300 g/mol. The average molecular weight is 1410 g/mol. The van der Waals surface area contributed by atoms with Gasteiger partial charge >= 0.3 is 0 Å². The minimum atomic E-state index is -0.366. The number of non-ortho nitro benzene ring substituents is 1. The molecular formula is C92H107N7O6. The summed E-state index contributed by atoms with van der Waals surface area (Å²) >= 11 is 0. The fourth-order valence-corrected chi connectivity index (χ4v) is 15.8. The predicted molar refractivity (Wildman–Crippen MR) is 435 cm³/mol. The summed E-state index contributed by atoms with van der Waals surface area (Å²) in [5.41, 5.74) is 22.4. The van der Waals surface area contributed by atoms with Crippen LogP contribution >= 0.6 is 0 Å². The van der Waals surface area contributed by atoms with Crippen LogP contribution in [0.2, 0.25) is 0 Å². The summed E-state index contributed by atoms with van der Waals surface area (Å²) in [7, 11) is 0. The third kappa shape index (κ3) is 20.1. The summed E-state index contributed by atoms with van der Waals surface area (Å²) in [6.45, 7) is 19.2. The van der Waals surface area contributed by atoms with Crippen molar-refractivity contribution in [1.82, 2.24) is 14.7 Å². The number of phenols is 1. The molecule has 5 aliphatic rings. The lowest BCUT2D eigenvalue weighted by Gasteiger charge is -2.39. The summed E-state index contributed by atoms with van der Waals surface area (Å²) in [5, 5.41) is 50.0. The van der Waals surface area contributed by atoms with E-state index in [0.717, 1.165) is 161 Å². The molecule has 4 N–H and O–H groups in total. The third-order valence-corrected chi connectivity index (χ3v) is 21.8. The van der Waals surface area contributed by atoms with Crippen LogP contribution in [0.15, 0.2) is 237 Å². The van der Waals surface area contributed by atoms with E-state index in [1.165, 1.54) is 100 Å². The zero-order valence-corrected chi connectivity index (χ0v) is 61.7. The number of benzene rings is 9. The Balaban J connectivity index is 0.000000148. The monoisotopic (exact) mass is 1410 g/mol. The van der Waals surface area contributed by atoms with E-state index in [2.05, 4.69) is 207 Å². The zero-order valence-electron chi connectivity index (χ0n) is 61.7. The van der Waals surface area contributed by atoms with Gasteiger partial charge in [0.15, 0.2) is 0 Å². The molecule has 0 bridgehead atoms. The van der Waals surface area contributed by atoms with Crippen LogP contribution < -0.4 is 14.7 Å². The number of nitro groups is 1. The van der Waals surface area contributed by atoms with Crippen LogP contribution in [-0.2, 0) is 0 Å². The van der Waals surface area contributed by atoms with Crippen LogP contribution in [0.4, 0.5) is 22.7 Å².